The molecule has 1 saturated heterocycles. The molecule has 29 heavy (non-hydrogen) atoms. The normalized spacial score (nSPS) is 21.8. The van der Waals surface area contributed by atoms with E-state index < -0.39 is 0 Å². The summed E-state index contributed by atoms with van der Waals surface area (Å²) in [6.45, 7) is 6.25. The van der Waals surface area contributed by atoms with Gasteiger partial charge in [0.25, 0.3) is 0 Å². The van der Waals surface area contributed by atoms with Crippen LogP contribution in [0.15, 0.2) is 60.9 Å². The third kappa shape index (κ3) is 4.13. The number of nitrogens with zero attached hydrogens (tertiary/aromatic N) is 3. The smallest absolute Gasteiger partial charge is 0.0959 e. The molecule has 3 aromatic rings. The zero-order valence-corrected chi connectivity index (χ0v) is 17.8. The molecule has 5 nitrogen and oxygen atoms in total. The van der Waals surface area contributed by atoms with Crippen molar-refractivity contribution >= 4 is 0 Å². The standard InChI is InChI=1S/C24H31N5/c1-17-22(18(2)27-26-17)24-23(19-10-6-5-7-11-19)25-16-29(24)15-21-13-9-8-12-20(21)14-28(3)4/h5-13,16-18,22,26-27H,14-15H2,1-4H3. The lowest BCUT2D eigenvalue weighted by molar-refractivity contribution is 0.400. The van der Waals surface area contributed by atoms with Crippen molar-refractivity contribution in [3.63, 3.8) is 0 Å². The molecule has 5 heteroatoms. The van der Waals surface area contributed by atoms with Gasteiger partial charge in [0, 0.05) is 36.7 Å². The number of aromatic nitrogens is 2. The Morgan fingerprint density at radius 2 is 1.52 bits per heavy atom. The number of nitrogens with one attached hydrogen (secondary N) is 2. The maximum absolute atomic E-state index is 4.88. The van der Waals surface area contributed by atoms with Crippen molar-refractivity contribution in [2.75, 3.05) is 14.1 Å². The van der Waals surface area contributed by atoms with E-state index in [-0.39, 0.29) is 0 Å². The molecule has 0 spiro atoms. The molecule has 0 saturated carbocycles. The zero-order valence-electron chi connectivity index (χ0n) is 17.8. The lowest BCUT2D eigenvalue weighted by atomic mass is 9.89. The summed E-state index contributed by atoms with van der Waals surface area (Å²) in [5.74, 6) is 0.341. The van der Waals surface area contributed by atoms with Gasteiger partial charge in [-0.1, -0.05) is 54.6 Å². The Morgan fingerprint density at radius 1 is 0.897 bits per heavy atom. The minimum absolute atomic E-state index is 0.333. The largest absolute Gasteiger partial charge is 0.329 e. The Labute approximate surface area is 173 Å². The van der Waals surface area contributed by atoms with Gasteiger partial charge in [0.15, 0.2) is 0 Å². The third-order valence-corrected chi connectivity index (χ3v) is 5.80. The molecule has 0 aliphatic carbocycles. The molecule has 4 rings (SSSR count). The first-order valence-electron chi connectivity index (χ1n) is 10.4. The maximum atomic E-state index is 4.88. The number of rotatable bonds is 6. The summed E-state index contributed by atoms with van der Waals surface area (Å²) in [4.78, 5) is 7.10. The summed E-state index contributed by atoms with van der Waals surface area (Å²) in [5, 5.41) is 0. The van der Waals surface area contributed by atoms with Crippen molar-refractivity contribution in [3.8, 4) is 11.3 Å². The SMILES string of the molecule is CC1NNC(C)C1c1c(-c2ccccc2)ncn1Cc1ccccc1CN(C)C. The summed E-state index contributed by atoms with van der Waals surface area (Å²) in [6, 6.07) is 19.9. The Hall–Kier alpha value is -2.47. The van der Waals surface area contributed by atoms with Crippen LogP contribution in [0.4, 0.5) is 0 Å². The summed E-state index contributed by atoms with van der Waals surface area (Å²) >= 11 is 0. The van der Waals surface area contributed by atoms with Crippen LogP contribution in [-0.2, 0) is 13.1 Å². The van der Waals surface area contributed by atoms with Crippen LogP contribution in [0.25, 0.3) is 11.3 Å². The fourth-order valence-electron chi connectivity index (χ4n) is 4.42. The Bertz CT molecular complexity index is 937. The predicted molar refractivity (Wildman–Crippen MR) is 119 cm³/mol. The average molecular weight is 390 g/mol. The molecule has 2 heterocycles. The molecule has 1 aliphatic rings. The third-order valence-electron chi connectivity index (χ3n) is 5.80. The van der Waals surface area contributed by atoms with E-state index in [0.717, 1.165) is 18.8 Å². The van der Waals surface area contributed by atoms with Gasteiger partial charge in [0.2, 0.25) is 0 Å². The zero-order chi connectivity index (χ0) is 20.4. The number of hydrazine groups is 1. The second kappa shape index (κ2) is 8.49. The van der Waals surface area contributed by atoms with Crippen LogP contribution in [0.2, 0.25) is 0 Å². The lowest BCUT2D eigenvalue weighted by Crippen LogP contribution is -2.30. The van der Waals surface area contributed by atoms with E-state index in [1.165, 1.54) is 22.4 Å². The second-order valence-electron chi connectivity index (χ2n) is 8.37. The highest BCUT2D eigenvalue weighted by Gasteiger charge is 2.35. The molecular weight excluding hydrogens is 358 g/mol. The van der Waals surface area contributed by atoms with Gasteiger partial charge in [0.05, 0.1) is 17.7 Å². The molecule has 1 aliphatic heterocycles. The quantitative estimate of drug-likeness (QED) is 0.676. The van der Waals surface area contributed by atoms with Crippen molar-refractivity contribution in [1.82, 2.24) is 25.3 Å². The highest BCUT2D eigenvalue weighted by molar-refractivity contribution is 5.63. The molecule has 2 N–H and O–H groups in total. The molecular formula is C24H31N5. The first-order chi connectivity index (χ1) is 14.0. The Kier molecular flexibility index (Phi) is 5.81. The Morgan fingerprint density at radius 3 is 2.17 bits per heavy atom. The van der Waals surface area contributed by atoms with Gasteiger partial charge >= 0.3 is 0 Å². The van der Waals surface area contributed by atoms with Crippen LogP contribution >= 0.6 is 0 Å². The van der Waals surface area contributed by atoms with Gasteiger partial charge in [-0.3, -0.25) is 10.9 Å². The first kappa shape index (κ1) is 19.8. The van der Waals surface area contributed by atoms with E-state index in [4.69, 9.17) is 4.98 Å². The van der Waals surface area contributed by atoms with Crippen LogP contribution in [0, 0.1) is 0 Å². The number of imidazole rings is 1. The van der Waals surface area contributed by atoms with Gasteiger partial charge in [-0.2, -0.15) is 0 Å². The molecule has 0 bridgehead atoms. The van der Waals surface area contributed by atoms with Crippen molar-refractivity contribution in [2.24, 2.45) is 0 Å². The number of hydrogen-bond donors (Lipinski definition) is 2. The van der Waals surface area contributed by atoms with E-state index in [1.807, 2.05) is 6.33 Å². The van der Waals surface area contributed by atoms with Crippen LogP contribution in [0.3, 0.4) is 0 Å². The second-order valence-corrected chi connectivity index (χ2v) is 8.37. The first-order valence-corrected chi connectivity index (χ1v) is 10.4. The molecule has 2 unspecified atom stereocenters. The van der Waals surface area contributed by atoms with E-state index in [1.54, 1.807) is 0 Å². The van der Waals surface area contributed by atoms with Gasteiger partial charge in [-0.25, -0.2) is 4.98 Å². The molecule has 0 radical (unpaired) electrons. The highest BCUT2D eigenvalue weighted by Crippen LogP contribution is 2.35. The lowest BCUT2D eigenvalue weighted by Gasteiger charge is -2.23. The van der Waals surface area contributed by atoms with Crippen LogP contribution in [-0.4, -0.2) is 40.6 Å². The number of benzene rings is 2. The predicted octanol–water partition coefficient (Wildman–Crippen LogP) is 3.63. The molecule has 1 fully saturated rings. The van der Waals surface area contributed by atoms with Crippen molar-refractivity contribution in [3.05, 3.63) is 77.7 Å². The van der Waals surface area contributed by atoms with Crippen molar-refractivity contribution in [2.45, 2.75) is 44.9 Å². The van der Waals surface area contributed by atoms with Crippen LogP contribution in [0.5, 0.6) is 0 Å². The molecule has 2 atom stereocenters. The fourth-order valence-corrected chi connectivity index (χ4v) is 4.42. The summed E-state index contributed by atoms with van der Waals surface area (Å²) in [5.41, 5.74) is 13.1. The van der Waals surface area contributed by atoms with Crippen molar-refractivity contribution < 1.29 is 0 Å². The van der Waals surface area contributed by atoms with Crippen LogP contribution in [0.1, 0.15) is 36.6 Å². The van der Waals surface area contributed by atoms with Gasteiger partial charge in [-0.15, -0.1) is 0 Å². The van der Waals surface area contributed by atoms with E-state index >= 15 is 0 Å². The topological polar surface area (TPSA) is 45.1 Å². The van der Waals surface area contributed by atoms with Crippen LogP contribution < -0.4 is 10.9 Å². The van der Waals surface area contributed by atoms with E-state index in [0.29, 0.717) is 18.0 Å². The monoisotopic (exact) mass is 389 g/mol. The van der Waals surface area contributed by atoms with Gasteiger partial charge in [0.1, 0.15) is 0 Å². The van der Waals surface area contributed by atoms with E-state index in [2.05, 4.69) is 103 Å². The highest BCUT2D eigenvalue weighted by atomic mass is 15.4. The van der Waals surface area contributed by atoms with E-state index in [9.17, 15) is 0 Å². The molecule has 152 valence electrons. The fraction of sp³-hybridized carbons (Fsp3) is 0.375. The summed E-state index contributed by atoms with van der Waals surface area (Å²) < 4.78 is 2.35. The molecule has 0 amide bonds. The van der Waals surface area contributed by atoms with Gasteiger partial charge < -0.3 is 9.47 Å². The minimum atomic E-state index is 0.333. The molecule has 2 aromatic carbocycles. The van der Waals surface area contributed by atoms with Crippen molar-refractivity contribution in [1.29, 1.82) is 0 Å². The van der Waals surface area contributed by atoms with Gasteiger partial charge in [-0.05, 0) is 39.1 Å². The number of hydrogen-bond acceptors (Lipinski definition) is 4. The maximum Gasteiger partial charge on any atom is 0.0959 e. The summed E-state index contributed by atoms with van der Waals surface area (Å²) in [6.07, 6.45) is 2.02. The molecule has 1 aromatic heterocycles. The Balaban J connectivity index is 1.78. The average Bonchev–Trinajstić information content (AvgIpc) is 3.26. The minimum Gasteiger partial charge on any atom is -0.329 e. The summed E-state index contributed by atoms with van der Waals surface area (Å²) in [7, 11) is 4.23.